The van der Waals surface area contributed by atoms with Crippen LogP contribution < -0.4 is 0 Å². The monoisotopic (exact) mass is 266 g/mol. The van der Waals surface area contributed by atoms with Crippen molar-refractivity contribution in [2.45, 2.75) is 38.5 Å². The lowest BCUT2D eigenvalue weighted by Gasteiger charge is -2.25. The van der Waals surface area contributed by atoms with Crippen LogP contribution in [0.25, 0.3) is 0 Å². The highest BCUT2D eigenvalue weighted by Crippen LogP contribution is 2.24. The SMILES string of the molecule is Cc1ccc(CN2C[C@H](O)[C@@H](N3CCCC3)C2)s1. The molecule has 0 amide bonds. The number of rotatable bonds is 3. The van der Waals surface area contributed by atoms with Crippen molar-refractivity contribution in [2.24, 2.45) is 0 Å². The fourth-order valence-corrected chi connectivity index (χ4v) is 4.13. The summed E-state index contributed by atoms with van der Waals surface area (Å²) in [6.45, 7) is 7.36. The molecule has 0 saturated carbocycles. The van der Waals surface area contributed by atoms with E-state index in [1.54, 1.807) is 0 Å². The van der Waals surface area contributed by atoms with Crippen LogP contribution in [-0.2, 0) is 6.54 Å². The molecule has 3 heterocycles. The Labute approximate surface area is 113 Å². The number of thiophene rings is 1. The molecule has 2 atom stereocenters. The molecule has 2 saturated heterocycles. The molecule has 0 aliphatic carbocycles. The van der Waals surface area contributed by atoms with Crippen LogP contribution in [0, 0.1) is 6.92 Å². The molecular weight excluding hydrogens is 244 g/mol. The van der Waals surface area contributed by atoms with Gasteiger partial charge in [-0.3, -0.25) is 9.80 Å². The lowest BCUT2D eigenvalue weighted by Crippen LogP contribution is -2.41. The van der Waals surface area contributed by atoms with Gasteiger partial charge in [-0.15, -0.1) is 11.3 Å². The molecule has 0 spiro atoms. The number of aliphatic hydroxyl groups is 1. The van der Waals surface area contributed by atoms with Gasteiger partial charge in [0.15, 0.2) is 0 Å². The van der Waals surface area contributed by atoms with Gasteiger partial charge < -0.3 is 5.11 Å². The number of β-amino-alcohol motifs (C(OH)–C–C–N with tert-alkyl or cyclic N) is 1. The van der Waals surface area contributed by atoms with Gasteiger partial charge in [0.05, 0.1) is 6.10 Å². The second-order valence-electron chi connectivity index (χ2n) is 5.58. The number of hydrogen-bond donors (Lipinski definition) is 1. The van der Waals surface area contributed by atoms with Crippen molar-refractivity contribution in [3.63, 3.8) is 0 Å². The fourth-order valence-electron chi connectivity index (χ4n) is 3.20. The number of hydrogen-bond acceptors (Lipinski definition) is 4. The first-order valence-corrected chi connectivity index (χ1v) is 7.74. The van der Waals surface area contributed by atoms with Crippen molar-refractivity contribution in [3.8, 4) is 0 Å². The Bertz CT molecular complexity index is 400. The Morgan fingerprint density at radius 1 is 1.28 bits per heavy atom. The van der Waals surface area contributed by atoms with E-state index >= 15 is 0 Å². The highest BCUT2D eigenvalue weighted by atomic mass is 32.1. The molecule has 2 fully saturated rings. The lowest BCUT2D eigenvalue weighted by atomic mass is 10.2. The summed E-state index contributed by atoms with van der Waals surface area (Å²) >= 11 is 1.87. The van der Waals surface area contributed by atoms with Crippen molar-refractivity contribution in [3.05, 3.63) is 21.9 Å². The molecule has 100 valence electrons. The zero-order valence-corrected chi connectivity index (χ0v) is 11.8. The van der Waals surface area contributed by atoms with Crippen LogP contribution in [0.5, 0.6) is 0 Å². The highest BCUT2D eigenvalue weighted by molar-refractivity contribution is 7.11. The molecule has 0 aromatic carbocycles. The Hall–Kier alpha value is -0.420. The van der Waals surface area contributed by atoms with E-state index in [2.05, 4.69) is 28.9 Å². The second kappa shape index (κ2) is 5.29. The number of likely N-dealkylation sites (tertiary alicyclic amines) is 2. The molecule has 1 N–H and O–H groups in total. The first kappa shape index (κ1) is 12.6. The minimum absolute atomic E-state index is 0.163. The Morgan fingerprint density at radius 2 is 2.06 bits per heavy atom. The largest absolute Gasteiger partial charge is 0.390 e. The number of aliphatic hydroxyl groups excluding tert-OH is 1. The van der Waals surface area contributed by atoms with Crippen molar-refractivity contribution in [1.29, 1.82) is 0 Å². The van der Waals surface area contributed by atoms with Crippen LogP contribution in [0.1, 0.15) is 22.6 Å². The van der Waals surface area contributed by atoms with E-state index in [0.29, 0.717) is 6.04 Å². The molecule has 0 radical (unpaired) electrons. The van der Waals surface area contributed by atoms with Gasteiger partial charge in [-0.2, -0.15) is 0 Å². The zero-order valence-electron chi connectivity index (χ0n) is 11.0. The topological polar surface area (TPSA) is 26.7 Å². The van der Waals surface area contributed by atoms with Crippen LogP contribution in [0.4, 0.5) is 0 Å². The van der Waals surface area contributed by atoms with Crippen molar-refractivity contribution < 1.29 is 5.11 Å². The molecule has 18 heavy (non-hydrogen) atoms. The second-order valence-corrected chi connectivity index (χ2v) is 6.96. The average molecular weight is 266 g/mol. The molecule has 3 rings (SSSR count). The molecule has 0 bridgehead atoms. The van der Waals surface area contributed by atoms with E-state index in [-0.39, 0.29) is 6.10 Å². The molecule has 3 nitrogen and oxygen atoms in total. The first-order valence-electron chi connectivity index (χ1n) is 6.92. The summed E-state index contributed by atoms with van der Waals surface area (Å²) in [4.78, 5) is 7.67. The smallest absolute Gasteiger partial charge is 0.0834 e. The Balaban J connectivity index is 1.59. The van der Waals surface area contributed by atoms with Crippen LogP contribution in [0.2, 0.25) is 0 Å². The van der Waals surface area contributed by atoms with Crippen molar-refractivity contribution in [1.82, 2.24) is 9.80 Å². The summed E-state index contributed by atoms with van der Waals surface area (Å²) in [6.07, 6.45) is 2.44. The predicted molar refractivity (Wildman–Crippen MR) is 74.9 cm³/mol. The number of nitrogens with zero attached hydrogens (tertiary/aromatic N) is 2. The summed E-state index contributed by atoms with van der Waals surface area (Å²) in [5.74, 6) is 0. The van der Waals surface area contributed by atoms with Gasteiger partial charge in [0, 0.05) is 35.4 Å². The van der Waals surface area contributed by atoms with E-state index in [1.165, 1.54) is 35.7 Å². The zero-order chi connectivity index (χ0) is 12.5. The molecule has 2 aliphatic heterocycles. The first-order chi connectivity index (χ1) is 8.72. The van der Waals surface area contributed by atoms with Crippen LogP contribution in [-0.4, -0.2) is 53.2 Å². The van der Waals surface area contributed by atoms with E-state index in [0.717, 1.165) is 19.6 Å². The highest BCUT2D eigenvalue weighted by Gasteiger charge is 2.36. The molecule has 2 aliphatic rings. The molecular formula is C14H22N2OS. The fraction of sp³-hybridized carbons (Fsp3) is 0.714. The Morgan fingerprint density at radius 3 is 2.72 bits per heavy atom. The van der Waals surface area contributed by atoms with E-state index < -0.39 is 0 Å². The van der Waals surface area contributed by atoms with Gasteiger partial charge in [0.25, 0.3) is 0 Å². The third kappa shape index (κ3) is 2.62. The van der Waals surface area contributed by atoms with Gasteiger partial charge in [-0.25, -0.2) is 0 Å². The maximum Gasteiger partial charge on any atom is 0.0834 e. The van der Waals surface area contributed by atoms with Gasteiger partial charge in [0.1, 0.15) is 0 Å². The normalized spacial score (nSPS) is 30.3. The minimum atomic E-state index is -0.163. The predicted octanol–water partition coefficient (Wildman–Crippen LogP) is 1.70. The molecule has 4 heteroatoms. The van der Waals surface area contributed by atoms with Crippen LogP contribution in [0.3, 0.4) is 0 Å². The maximum atomic E-state index is 10.2. The summed E-state index contributed by atoms with van der Waals surface area (Å²) in [7, 11) is 0. The van der Waals surface area contributed by atoms with Gasteiger partial charge in [0.2, 0.25) is 0 Å². The van der Waals surface area contributed by atoms with Crippen molar-refractivity contribution >= 4 is 11.3 Å². The average Bonchev–Trinajstić information content (AvgIpc) is 3.01. The molecule has 0 unspecified atom stereocenters. The standard InChI is InChI=1S/C14H22N2OS/c1-11-4-5-12(18-11)8-15-9-13(14(17)10-15)16-6-2-3-7-16/h4-5,13-14,17H,2-3,6-10H2,1H3/t13-,14-/m0/s1. The van der Waals surface area contributed by atoms with Crippen LogP contribution in [0.15, 0.2) is 12.1 Å². The minimum Gasteiger partial charge on any atom is -0.390 e. The number of aryl methyl sites for hydroxylation is 1. The maximum absolute atomic E-state index is 10.2. The van der Waals surface area contributed by atoms with E-state index in [9.17, 15) is 5.11 Å². The third-order valence-electron chi connectivity index (χ3n) is 4.12. The summed E-state index contributed by atoms with van der Waals surface area (Å²) in [6, 6.07) is 4.77. The van der Waals surface area contributed by atoms with Crippen molar-refractivity contribution in [2.75, 3.05) is 26.2 Å². The summed E-state index contributed by atoms with van der Waals surface area (Å²) < 4.78 is 0. The van der Waals surface area contributed by atoms with Gasteiger partial charge >= 0.3 is 0 Å². The Kier molecular flexibility index (Phi) is 3.71. The third-order valence-corrected chi connectivity index (χ3v) is 5.11. The van der Waals surface area contributed by atoms with Gasteiger partial charge in [-0.1, -0.05) is 0 Å². The van der Waals surface area contributed by atoms with Gasteiger partial charge in [-0.05, 0) is 45.0 Å². The van der Waals surface area contributed by atoms with E-state index in [4.69, 9.17) is 0 Å². The van der Waals surface area contributed by atoms with Crippen LogP contribution >= 0.6 is 11.3 Å². The van der Waals surface area contributed by atoms with E-state index in [1.807, 2.05) is 11.3 Å². The molecule has 1 aromatic heterocycles. The lowest BCUT2D eigenvalue weighted by molar-refractivity contribution is 0.0978. The summed E-state index contributed by atoms with van der Waals surface area (Å²) in [5, 5.41) is 10.2. The quantitative estimate of drug-likeness (QED) is 0.902. The molecule has 1 aromatic rings. The summed E-state index contributed by atoms with van der Waals surface area (Å²) in [5.41, 5.74) is 0.